The minimum absolute atomic E-state index is 0.0112. The number of phenolic OH excluding ortho intramolecular Hbond substituents is 1. The van der Waals surface area contributed by atoms with Crippen LogP contribution in [0.2, 0.25) is 5.02 Å². The van der Waals surface area contributed by atoms with Gasteiger partial charge in [-0.05, 0) is 54.2 Å². The summed E-state index contributed by atoms with van der Waals surface area (Å²) in [7, 11) is 2.81. The van der Waals surface area contributed by atoms with Gasteiger partial charge in [0.25, 0.3) is 0 Å². The van der Waals surface area contributed by atoms with Gasteiger partial charge in [-0.3, -0.25) is 39.4 Å². The van der Waals surface area contributed by atoms with Gasteiger partial charge >= 0.3 is 11.4 Å². The van der Waals surface area contributed by atoms with E-state index in [0.717, 1.165) is 27.5 Å². The largest absolute Gasteiger partial charge is 0.508 e. The number of nitro benzene ring substituents is 2. The van der Waals surface area contributed by atoms with E-state index in [2.05, 4.69) is 0 Å². The summed E-state index contributed by atoms with van der Waals surface area (Å²) in [6.45, 7) is 0.202. The van der Waals surface area contributed by atoms with Crippen LogP contribution in [-0.4, -0.2) is 52.7 Å². The molecule has 0 radical (unpaired) electrons. The Bertz CT molecular complexity index is 2760. The van der Waals surface area contributed by atoms with Gasteiger partial charge in [-0.25, -0.2) is 9.80 Å². The van der Waals surface area contributed by atoms with E-state index in [0.29, 0.717) is 16.9 Å². The van der Waals surface area contributed by atoms with E-state index in [1.807, 2.05) is 30.3 Å². The molecule has 9 rings (SSSR count). The Morgan fingerprint density at radius 2 is 1.44 bits per heavy atom. The Kier molecular flexibility index (Phi) is 10.1. The number of aromatic hydroxyl groups is 1. The van der Waals surface area contributed by atoms with Gasteiger partial charge in [0.2, 0.25) is 23.6 Å². The fraction of sp³-hybridized carbons (Fsp3) is 0.234. The molecule has 3 fully saturated rings. The van der Waals surface area contributed by atoms with E-state index in [9.17, 15) is 34.9 Å². The van der Waals surface area contributed by atoms with Gasteiger partial charge in [0, 0.05) is 48.8 Å². The van der Waals surface area contributed by atoms with Crippen LogP contribution in [0.5, 0.6) is 11.5 Å². The number of fused-ring (bicyclic) bond motifs is 4. The number of allylic oxidation sites excluding steroid dienone is 2. The fourth-order valence-electron chi connectivity index (χ4n) is 10.4. The Labute approximate surface area is 365 Å². The van der Waals surface area contributed by atoms with Gasteiger partial charge in [0.1, 0.15) is 18.1 Å². The minimum atomic E-state index is -1.69. The molecule has 15 nitrogen and oxygen atoms in total. The third kappa shape index (κ3) is 6.41. The number of ether oxygens (including phenoxy) is 1. The van der Waals surface area contributed by atoms with E-state index in [-0.39, 0.29) is 52.8 Å². The molecule has 6 atom stereocenters. The lowest BCUT2D eigenvalue weighted by molar-refractivity contribution is -0.392. The van der Waals surface area contributed by atoms with Crippen LogP contribution in [0.1, 0.15) is 35.4 Å². The van der Waals surface area contributed by atoms with Crippen molar-refractivity contribution >= 4 is 63.7 Å². The predicted octanol–water partition coefficient (Wildman–Crippen LogP) is 7.87. The molecule has 63 heavy (non-hydrogen) atoms. The highest BCUT2D eigenvalue weighted by Crippen LogP contribution is 2.65. The van der Waals surface area contributed by atoms with E-state index in [1.165, 1.54) is 31.1 Å². The summed E-state index contributed by atoms with van der Waals surface area (Å²) in [6.07, 6.45) is 1.71. The molecule has 0 spiro atoms. The lowest BCUT2D eigenvalue weighted by atomic mass is 9.49. The van der Waals surface area contributed by atoms with Gasteiger partial charge in [0.15, 0.2) is 5.69 Å². The Balaban J connectivity index is 1.21. The van der Waals surface area contributed by atoms with E-state index in [4.69, 9.17) is 16.3 Å². The SMILES string of the molecule is CN(C)c1c([N+](=O)[O-])cc(N2C(=O)C3CC=C4C(CC5C(=O)N(c6cccc(Cl)c6)C(=O)C5(c5ccccc5)C4c4ccc(OCc5ccccc5)cc4O)C3C2=O)cc1[N+](=O)[O-]. The monoisotopic (exact) mass is 867 g/mol. The molecule has 1 N–H and O–H groups in total. The zero-order chi connectivity index (χ0) is 44.5. The molecule has 0 aromatic heterocycles. The maximum Gasteiger partial charge on any atom is 0.301 e. The molecule has 1 saturated carbocycles. The molecule has 2 saturated heterocycles. The highest BCUT2D eigenvalue weighted by Gasteiger charge is 2.70. The average molecular weight is 868 g/mol. The number of hydrogen-bond donors (Lipinski definition) is 1. The quantitative estimate of drug-likeness (QED) is 0.0621. The number of phenols is 1. The highest BCUT2D eigenvalue weighted by molar-refractivity contribution is 6.32. The number of nitro groups is 2. The number of benzene rings is 5. The number of carbonyl (C=O) groups is 4. The van der Waals surface area contributed by atoms with Gasteiger partial charge < -0.3 is 14.7 Å². The molecule has 2 aliphatic carbocycles. The van der Waals surface area contributed by atoms with Crippen molar-refractivity contribution < 1.29 is 38.9 Å². The molecule has 6 unspecified atom stereocenters. The standard InChI is InChI=1S/C47H38ClN5O10/c1-49(2)42-37(52(59)60)21-30(22-38(42)53(61)62)50-43(55)34-19-18-32-35(40(34)45(50)57)24-36-44(56)51(29-15-9-14-28(48)20-29)46(58)47(36,27-12-7-4-8-13-27)41(32)33-17-16-31(23-39(33)54)63-25-26-10-5-3-6-11-26/h3-18,20-23,34-36,40-41,54H,19,24-25H2,1-2H3. The van der Waals surface area contributed by atoms with E-state index >= 15 is 9.59 Å². The van der Waals surface area contributed by atoms with Crippen LogP contribution in [0.3, 0.4) is 0 Å². The number of halogens is 1. The number of rotatable bonds is 10. The van der Waals surface area contributed by atoms with Gasteiger partial charge in [0.05, 0.1) is 44.4 Å². The summed E-state index contributed by atoms with van der Waals surface area (Å²) in [6, 6.07) is 31.3. The predicted molar refractivity (Wildman–Crippen MR) is 232 cm³/mol. The normalized spacial score (nSPS) is 23.8. The highest BCUT2D eigenvalue weighted by atomic mass is 35.5. The molecule has 5 aromatic carbocycles. The van der Waals surface area contributed by atoms with Crippen molar-refractivity contribution in [3.05, 3.63) is 169 Å². The summed E-state index contributed by atoms with van der Waals surface area (Å²) in [5.41, 5.74) is -1.25. The van der Waals surface area contributed by atoms with E-state index in [1.54, 1.807) is 66.7 Å². The maximum absolute atomic E-state index is 15.6. The second-order valence-corrected chi connectivity index (χ2v) is 16.8. The average Bonchev–Trinajstić information content (AvgIpc) is 3.66. The Morgan fingerprint density at radius 1 is 0.778 bits per heavy atom. The smallest absolute Gasteiger partial charge is 0.301 e. The first-order chi connectivity index (χ1) is 30.2. The number of carbonyl (C=O) groups excluding carboxylic acids is 4. The second-order valence-electron chi connectivity index (χ2n) is 16.3. The van der Waals surface area contributed by atoms with Crippen molar-refractivity contribution in [2.24, 2.45) is 23.7 Å². The zero-order valence-corrected chi connectivity index (χ0v) is 34.5. The summed E-state index contributed by atoms with van der Waals surface area (Å²) < 4.78 is 6.05. The minimum Gasteiger partial charge on any atom is -0.508 e. The second kappa shape index (κ2) is 15.5. The number of hydrogen-bond acceptors (Lipinski definition) is 11. The molecule has 2 aliphatic heterocycles. The van der Waals surface area contributed by atoms with Gasteiger partial charge in [-0.15, -0.1) is 0 Å². The topological polar surface area (TPSA) is 194 Å². The maximum atomic E-state index is 15.6. The molecule has 4 aliphatic rings. The fourth-order valence-corrected chi connectivity index (χ4v) is 10.6. The molecule has 16 heteroatoms. The summed E-state index contributed by atoms with van der Waals surface area (Å²) in [4.78, 5) is 86.2. The molecular weight excluding hydrogens is 830 g/mol. The number of nitrogens with zero attached hydrogens (tertiary/aromatic N) is 5. The first-order valence-corrected chi connectivity index (χ1v) is 20.5. The summed E-state index contributed by atoms with van der Waals surface area (Å²) in [5, 5.41) is 37.0. The summed E-state index contributed by atoms with van der Waals surface area (Å²) >= 11 is 6.43. The van der Waals surface area contributed by atoms with Crippen molar-refractivity contribution in [1.82, 2.24) is 0 Å². The molecule has 318 valence electrons. The Hall–Kier alpha value is -7.39. The Morgan fingerprint density at radius 3 is 2.06 bits per heavy atom. The van der Waals surface area contributed by atoms with Crippen LogP contribution in [-0.2, 0) is 31.2 Å². The zero-order valence-electron chi connectivity index (χ0n) is 33.8. The lowest BCUT2D eigenvalue weighted by Crippen LogP contribution is -2.53. The van der Waals surface area contributed by atoms with Crippen molar-refractivity contribution in [2.45, 2.75) is 30.8 Å². The van der Waals surface area contributed by atoms with Crippen LogP contribution >= 0.6 is 11.6 Å². The molecular formula is C47H38ClN5O10. The van der Waals surface area contributed by atoms with Crippen molar-refractivity contribution in [2.75, 3.05) is 28.8 Å². The van der Waals surface area contributed by atoms with E-state index < -0.39 is 79.9 Å². The number of imide groups is 2. The third-order valence-corrected chi connectivity index (χ3v) is 13.1. The lowest BCUT2D eigenvalue weighted by Gasteiger charge is -2.50. The van der Waals surface area contributed by atoms with Crippen molar-refractivity contribution in [3.63, 3.8) is 0 Å². The number of anilines is 3. The third-order valence-electron chi connectivity index (χ3n) is 12.9. The number of amides is 4. The first kappa shape index (κ1) is 41.0. The van der Waals surface area contributed by atoms with Gasteiger partial charge in [-0.1, -0.05) is 96.0 Å². The molecule has 4 amide bonds. The van der Waals surface area contributed by atoms with Crippen LogP contribution in [0.15, 0.2) is 127 Å². The van der Waals surface area contributed by atoms with Crippen molar-refractivity contribution in [1.29, 1.82) is 0 Å². The summed E-state index contributed by atoms with van der Waals surface area (Å²) in [5.74, 6) is -7.76. The van der Waals surface area contributed by atoms with Crippen LogP contribution in [0.4, 0.5) is 28.4 Å². The molecule has 0 bridgehead atoms. The van der Waals surface area contributed by atoms with Crippen LogP contribution < -0.4 is 19.4 Å². The first-order valence-electron chi connectivity index (χ1n) is 20.1. The van der Waals surface area contributed by atoms with Crippen LogP contribution in [0, 0.1) is 43.9 Å². The molecule has 2 heterocycles. The van der Waals surface area contributed by atoms with Crippen LogP contribution in [0.25, 0.3) is 0 Å². The van der Waals surface area contributed by atoms with Gasteiger partial charge in [-0.2, -0.15) is 0 Å². The van der Waals surface area contributed by atoms with Crippen molar-refractivity contribution in [3.8, 4) is 11.5 Å². The molecule has 5 aromatic rings.